The molecule has 25 heavy (non-hydrogen) atoms. The molecule has 0 unspecified atom stereocenters. The number of nitrogens with zero attached hydrogens (tertiary/aromatic N) is 5. The normalized spacial score (nSPS) is 15.3. The van der Waals surface area contributed by atoms with Crippen LogP contribution in [0.25, 0.3) is 0 Å². The first-order valence-corrected chi connectivity index (χ1v) is 8.51. The Labute approximate surface area is 147 Å². The summed E-state index contributed by atoms with van der Waals surface area (Å²) in [5, 5.41) is 4.55. The van der Waals surface area contributed by atoms with Crippen molar-refractivity contribution < 1.29 is 4.74 Å². The zero-order valence-electron chi connectivity index (χ0n) is 15.3. The molecule has 7 heteroatoms. The topological polar surface area (TPSA) is 73.1 Å². The lowest BCUT2D eigenvalue weighted by atomic mass is 9.92. The van der Waals surface area contributed by atoms with Crippen molar-refractivity contribution in [1.29, 1.82) is 0 Å². The zero-order valence-corrected chi connectivity index (χ0v) is 15.3. The Bertz CT molecular complexity index is 791. The molecule has 3 rings (SSSR count). The first-order chi connectivity index (χ1) is 11.9. The van der Waals surface area contributed by atoms with Crippen molar-refractivity contribution in [2.75, 3.05) is 25.1 Å². The molecule has 0 aromatic carbocycles. The van der Waals surface area contributed by atoms with Gasteiger partial charge in [-0.25, -0.2) is 14.6 Å². The van der Waals surface area contributed by atoms with Crippen LogP contribution in [-0.2, 0) is 23.3 Å². The van der Waals surface area contributed by atoms with Gasteiger partial charge in [0.1, 0.15) is 12.4 Å². The van der Waals surface area contributed by atoms with Crippen LogP contribution >= 0.6 is 0 Å². The van der Waals surface area contributed by atoms with Gasteiger partial charge in [0.05, 0.1) is 12.2 Å². The van der Waals surface area contributed by atoms with Crippen molar-refractivity contribution in [2.45, 2.75) is 39.3 Å². The summed E-state index contributed by atoms with van der Waals surface area (Å²) in [6.07, 6.45) is 1.75. The molecule has 1 aliphatic rings. The highest BCUT2D eigenvalue weighted by atomic mass is 16.5. The first kappa shape index (κ1) is 17.5. The highest BCUT2D eigenvalue weighted by Crippen LogP contribution is 2.24. The van der Waals surface area contributed by atoms with Crippen LogP contribution in [0, 0.1) is 5.92 Å². The van der Waals surface area contributed by atoms with Crippen LogP contribution in [-0.4, -0.2) is 39.9 Å². The third-order valence-electron chi connectivity index (χ3n) is 4.31. The van der Waals surface area contributed by atoms with E-state index in [1.807, 2.05) is 12.1 Å². The Kier molecular flexibility index (Phi) is 4.85. The van der Waals surface area contributed by atoms with E-state index in [-0.39, 0.29) is 11.0 Å². The predicted octanol–water partition coefficient (Wildman–Crippen LogP) is 1.61. The minimum Gasteiger partial charge on any atom is -0.377 e. The molecule has 0 saturated carbocycles. The van der Waals surface area contributed by atoms with Crippen molar-refractivity contribution in [2.24, 2.45) is 5.92 Å². The highest BCUT2D eigenvalue weighted by molar-refractivity contribution is 5.40. The SMILES string of the molecule is COCc1nccc(N2CC(Cn3nc(C(C)(C)C)ccc3=O)C2)n1. The second kappa shape index (κ2) is 6.92. The molecule has 1 aliphatic heterocycles. The number of aromatic nitrogens is 4. The summed E-state index contributed by atoms with van der Waals surface area (Å²) >= 11 is 0. The highest BCUT2D eigenvalue weighted by Gasteiger charge is 2.29. The maximum absolute atomic E-state index is 12.1. The van der Waals surface area contributed by atoms with E-state index in [1.165, 1.54) is 0 Å². The molecule has 134 valence electrons. The summed E-state index contributed by atoms with van der Waals surface area (Å²) in [5.41, 5.74) is 0.818. The Morgan fingerprint density at radius 1 is 1.24 bits per heavy atom. The van der Waals surface area contributed by atoms with E-state index in [2.05, 4.69) is 40.7 Å². The molecule has 0 radical (unpaired) electrons. The van der Waals surface area contributed by atoms with Gasteiger partial charge in [0, 0.05) is 43.8 Å². The van der Waals surface area contributed by atoms with Crippen LogP contribution < -0.4 is 10.5 Å². The van der Waals surface area contributed by atoms with Crippen LogP contribution in [0.3, 0.4) is 0 Å². The molecule has 0 bridgehead atoms. The van der Waals surface area contributed by atoms with Gasteiger partial charge in [-0.15, -0.1) is 0 Å². The average molecular weight is 343 g/mol. The van der Waals surface area contributed by atoms with Gasteiger partial charge >= 0.3 is 0 Å². The van der Waals surface area contributed by atoms with Gasteiger partial charge in [-0.05, 0) is 12.1 Å². The summed E-state index contributed by atoms with van der Waals surface area (Å²) in [6.45, 7) is 9.06. The van der Waals surface area contributed by atoms with Gasteiger partial charge in [0.2, 0.25) is 0 Å². The predicted molar refractivity (Wildman–Crippen MR) is 95.6 cm³/mol. The van der Waals surface area contributed by atoms with Gasteiger partial charge in [-0.3, -0.25) is 4.79 Å². The van der Waals surface area contributed by atoms with Gasteiger partial charge in [-0.2, -0.15) is 5.10 Å². The van der Waals surface area contributed by atoms with Crippen molar-refractivity contribution in [1.82, 2.24) is 19.7 Å². The molecule has 3 heterocycles. The van der Waals surface area contributed by atoms with E-state index in [0.29, 0.717) is 24.9 Å². The van der Waals surface area contributed by atoms with E-state index < -0.39 is 0 Å². The molecule has 2 aromatic heterocycles. The lowest BCUT2D eigenvalue weighted by Crippen LogP contribution is -2.50. The van der Waals surface area contributed by atoms with E-state index in [4.69, 9.17) is 4.74 Å². The molecular formula is C18H25N5O2. The number of hydrogen-bond acceptors (Lipinski definition) is 6. The summed E-state index contributed by atoms with van der Waals surface area (Å²) in [4.78, 5) is 23.0. The van der Waals surface area contributed by atoms with Crippen molar-refractivity contribution in [3.8, 4) is 0 Å². The molecule has 0 aliphatic carbocycles. The lowest BCUT2D eigenvalue weighted by Gasteiger charge is -2.40. The van der Waals surface area contributed by atoms with Crippen LogP contribution in [0.15, 0.2) is 29.2 Å². The fourth-order valence-corrected chi connectivity index (χ4v) is 2.86. The maximum atomic E-state index is 12.1. The van der Waals surface area contributed by atoms with Gasteiger partial charge in [0.25, 0.3) is 5.56 Å². The third kappa shape index (κ3) is 4.04. The Hall–Kier alpha value is -2.28. The maximum Gasteiger partial charge on any atom is 0.266 e. The Morgan fingerprint density at radius 2 is 2.00 bits per heavy atom. The Balaban J connectivity index is 1.64. The van der Waals surface area contributed by atoms with Crippen LogP contribution in [0.5, 0.6) is 0 Å². The molecule has 0 N–H and O–H groups in total. The molecule has 7 nitrogen and oxygen atoms in total. The minimum absolute atomic E-state index is 0.0455. The molecular weight excluding hydrogens is 318 g/mol. The van der Waals surface area contributed by atoms with E-state index in [9.17, 15) is 4.79 Å². The largest absolute Gasteiger partial charge is 0.377 e. The number of rotatable bonds is 5. The van der Waals surface area contributed by atoms with Gasteiger partial charge < -0.3 is 9.64 Å². The lowest BCUT2D eigenvalue weighted by molar-refractivity contribution is 0.177. The van der Waals surface area contributed by atoms with E-state index >= 15 is 0 Å². The third-order valence-corrected chi connectivity index (χ3v) is 4.31. The summed E-state index contributed by atoms with van der Waals surface area (Å²) < 4.78 is 6.67. The summed E-state index contributed by atoms with van der Waals surface area (Å²) in [5.74, 6) is 1.97. The molecule has 1 fully saturated rings. The molecule has 0 amide bonds. The summed E-state index contributed by atoms with van der Waals surface area (Å²) in [6, 6.07) is 5.34. The second-order valence-electron chi connectivity index (χ2n) is 7.52. The van der Waals surface area contributed by atoms with Crippen LogP contribution in [0.1, 0.15) is 32.3 Å². The molecule has 0 atom stereocenters. The van der Waals surface area contributed by atoms with Crippen molar-refractivity contribution in [3.63, 3.8) is 0 Å². The number of ether oxygens (including phenoxy) is 1. The van der Waals surface area contributed by atoms with Crippen molar-refractivity contribution >= 4 is 5.82 Å². The average Bonchev–Trinajstić information content (AvgIpc) is 2.51. The van der Waals surface area contributed by atoms with E-state index in [0.717, 1.165) is 24.6 Å². The quantitative estimate of drug-likeness (QED) is 0.821. The minimum atomic E-state index is -0.0696. The van der Waals surface area contributed by atoms with Gasteiger partial charge in [0.15, 0.2) is 5.82 Å². The fraction of sp³-hybridized carbons (Fsp3) is 0.556. The first-order valence-electron chi connectivity index (χ1n) is 8.51. The van der Waals surface area contributed by atoms with Crippen molar-refractivity contribution in [3.05, 3.63) is 46.3 Å². The van der Waals surface area contributed by atoms with Crippen LogP contribution in [0.2, 0.25) is 0 Å². The Morgan fingerprint density at radius 3 is 2.68 bits per heavy atom. The molecule has 2 aromatic rings. The molecule has 1 saturated heterocycles. The van der Waals surface area contributed by atoms with Gasteiger partial charge in [-0.1, -0.05) is 20.8 Å². The monoisotopic (exact) mass is 343 g/mol. The zero-order chi connectivity index (χ0) is 18.0. The second-order valence-corrected chi connectivity index (χ2v) is 7.52. The fourth-order valence-electron chi connectivity index (χ4n) is 2.86. The summed E-state index contributed by atoms with van der Waals surface area (Å²) in [7, 11) is 1.63. The van der Waals surface area contributed by atoms with E-state index in [1.54, 1.807) is 24.1 Å². The van der Waals surface area contributed by atoms with Crippen LogP contribution in [0.4, 0.5) is 5.82 Å². The number of hydrogen-bond donors (Lipinski definition) is 0. The number of anilines is 1. The number of methoxy groups -OCH3 is 1. The standard InChI is InChI=1S/C18H25N5O2/c1-18(2,3)14-5-6-17(24)23(21-14)11-13-9-22(10-13)16-7-8-19-15(20-16)12-25-4/h5-8,13H,9-12H2,1-4H3. The molecule has 0 spiro atoms. The smallest absolute Gasteiger partial charge is 0.266 e.